The molecule has 1 aromatic carbocycles. The van der Waals surface area contributed by atoms with Crippen LogP contribution in [0.15, 0.2) is 30.5 Å². The van der Waals surface area contributed by atoms with Crippen LogP contribution in [0.5, 0.6) is 0 Å². The monoisotopic (exact) mass is 241 g/mol. The van der Waals surface area contributed by atoms with E-state index < -0.39 is 0 Å². The van der Waals surface area contributed by atoms with E-state index in [9.17, 15) is 4.39 Å². The molecule has 1 N–H and O–H groups in total. The first-order valence-corrected chi connectivity index (χ1v) is 5.73. The number of H-pyrrole nitrogens is 1. The van der Waals surface area contributed by atoms with Gasteiger partial charge in [-0.25, -0.2) is 9.37 Å². The van der Waals surface area contributed by atoms with Crippen molar-refractivity contribution in [3.8, 4) is 11.3 Å². The first kappa shape index (κ1) is 10.9. The topological polar surface area (TPSA) is 41.6 Å². The van der Waals surface area contributed by atoms with Crippen molar-refractivity contribution in [1.82, 2.24) is 15.0 Å². The van der Waals surface area contributed by atoms with Crippen molar-refractivity contribution in [2.24, 2.45) is 0 Å². The molecule has 4 heteroatoms. The summed E-state index contributed by atoms with van der Waals surface area (Å²) in [6.07, 6.45) is 1.71. The normalized spacial score (nSPS) is 11.1. The molecule has 0 saturated carbocycles. The first-order chi connectivity index (χ1) is 8.65. The van der Waals surface area contributed by atoms with E-state index >= 15 is 0 Å². The van der Waals surface area contributed by atoms with Gasteiger partial charge in [-0.1, -0.05) is 6.07 Å². The van der Waals surface area contributed by atoms with Crippen LogP contribution in [0.2, 0.25) is 0 Å². The van der Waals surface area contributed by atoms with Crippen LogP contribution in [0, 0.1) is 19.7 Å². The fraction of sp³-hybridized carbons (Fsp3) is 0.143. The van der Waals surface area contributed by atoms with Gasteiger partial charge in [0.1, 0.15) is 11.6 Å². The van der Waals surface area contributed by atoms with E-state index in [1.807, 2.05) is 19.9 Å². The van der Waals surface area contributed by atoms with Crippen LogP contribution < -0.4 is 0 Å². The molecule has 3 nitrogen and oxygen atoms in total. The standard InChI is InChI=1S/C14H12FN3/c1-8-13(18-9(2)17-8)12-7-11(15)6-10-4-3-5-16-14(10)12/h3-7H,1-2H3,(H,17,18). The third-order valence-corrected chi connectivity index (χ3v) is 2.93. The van der Waals surface area contributed by atoms with E-state index in [1.54, 1.807) is 12.3 Å². The van der Waals surface area contributed by atoms with Gasteiger partial charge in [0.05, 0.1) is 11.2 Å². The molecule has 0 unspecified atom stereocenters. The number of imidazole rings is 1. The number of benzene rings is 1. The summed E-state index contributed by atoms with van der Waals surface area (Å²) in [5, 5.41) is 0.785. The number of hydrogen-bond donors (Lipinski definition) is 1. The van der Waals surface area contributed by atoms with Gasteiger partial charge in [-0.3, -0.25) is 4.98 Å². The number of aryl methyl sites for hydroxylation is 2. The van der Waals surface area contributed by atoms with Crippen LogP contribution in [0.25, 0.3) is 22.2 Å². The lowest BCUT2D eigenvalue weighted by Gasteiger charge is -2.04. The molecule has 0 fully saturated rings. The Labute approximate surface area is 104 Å². The number of rotatable bonds is 1. The molecule has 2 aromatic heterocycles. The zero-order chi connectivity index (χ0) is 12.7. The Morgan fingerprint density at radius 3 is 2.78 bits per heavy atom. The molecule has 0 aliphatic carbocycles. The van der Waals surface area contributed by atoms with E-state index in [2.05, 4.69) is 15.0 Å². The minimum Gasteiger partial charge on any atom is -0.346 e. The lowest BCUT2D eigenvalue weighted by molar-refractivity contribution is 0.630. The quantitative estimate of drug-likeness (QED) is 0.709. The highest BCUT2D eigenvalue weighted by Crippen LogP contribution is 2.29. The Hall–Kier alpha value is -2.23. The smallest absolute Gasteiger partial charge is 0.124 e. The van der Waals surface area contributed by atoms with Crippen LogP contribution in [-0.4, -0.2) is 15.0 Å². The summed E-state index contributed by atoms with van der Waals surface area (Å²) in [6, 6.07) is 6.62. The highest BCUT2D eigenvalue weighted by Gasteiger charge is 2.12. The van der Waals surface area contributed by atoms with Gasteiger partial charge in [0.15, 0.2) is 0 Å². The summed E-state index contributed by atoms with van der Waals surface area (Å²) >= 11 is 0. The van der Waals surface area contributed by atoms with E-state index in [1.165, 1.54) is 12.1 Å². The molecule has 0 spiro atoms. The van der Waals surface area contributed by atoms with Crippen molar-refractivity contribution in [2.45, 2.75) is 13.8 Å². The van der Waals surface area contributed by atoms with Gasteiger partial charge in [-0.05, 0) is 32.0 Å². The average molecular weight is 241 g/mol. The van der Waals surface area contributed by atoms with Crippen LogP contribution >= 0.6 is 0 Å². The van der Waals surface area contributed by atoms with Crippen molar-refractivity contribution in [2.75, 3.05) is 0 Å². The molecule has 3 rings (SSSR count). The minimum absolute atomic E-state index is 0.273. The number of aromatic amines is 1. The molecular formula is C14H12FN3. The third-order valence-electron chi connectivity index (χ3n) is 2.93. The maximum Gasteiger partial charge on any atom is 0.124 e. The van der Waals surface area contributed by atoms with Crippen molar-refractivity contribution in [1.29, 1.82) is 0 Å². The molecular weight excluding hydrogens is 229 g/mol. The first-order valence-electron chi connectivity index (χ1n) is 5.73. The van der Waals surface area contributed by atoms with Gasteiger partial charge in [0.25, 0.3) is 0 Å². The van der Waals surface area contributed by atoms with Crippen LogP contribution in [0.1, 0.15) is 11.5 Å². The zero-order valence-electron chi connectivity index (χ0n) is 10.2. The largest absolute Gasteiger partial charge is 0.346 e. The number of nitrogens with zero attached hydrogens (tertiary/aromatic N) is 2. The highest BCUT2D eigenvalue weighted by molar-refractivity contribution is 5.93. The number of aromatic nitrogens is 3. The Kier molecular flexibility index (Phi) is 2.37. The minimum atomic E-state index is -0.273. The third kappa shape index (κ3) is 1.66. The maximum atomic E-state index is 13.7. The molecule has 90 valence electrons. The van der Waals surface area contributed by atoms with Crippen LogP contribution in [0.3, 0.4) is 0 Å². The second-order valence-corrected chi connectivity index (χ2v) is 4.32. The SMILES string of the molecule is Cc1nc(-c2cc(F)cc3cccnc23)c(C)[nH]1. The summed E-state index contributed by atoms with van der Waals surface area (Å²) < 4.78 is 13.7. The molecule has 0 radical (unpaired) electrons. The number of hydrogen-bond acceptors (Lipinski definition) is 2. The van der Waals surface area contributed by atoms with Crippen molar-refractivity contribution < 1.29 is 4.39 Å². The molecule has 0 saturated heterocycles. The summed E-state index contributed by atoms with van der Waals surface area (Å²) in [7, 11) is 0. The molecule has 0 atom stereocenters. The number of fused-ring (bicyclic) bond motifs is 1. The average Bonchev–Trinajstić information content (AvgIpc) is 2.67. The van der Waals surface area contributed by atoms with Gasteiger partial charge in [0, 0.05) is 22.8 Å². The predicted octanol–water partition coefficient (Wildman–Crippen LogP) is 3.38. The number of halogens is 1. The summed E-state index contributed by atoms with van der Waals surface area (Å²) in [4.78, 5) is 11.9. The van der Waals surface area contributed by atoms with Gasteiger partial charge in [-0.2, -0.15) is 0 Å². The van der Waals surface area contributed by atoms with Crippen molar-refractivity contribution >= 4 is 10.9 Å². The second kappa shape index (κ2) is 3.91. The zero-order valence-corrected chi connectivity index (χ0v) is 10.2. The van der Waals surface area contributed by atoms with Crippen LogP contribution in [0.4, 0.5) is 4.39 Å². The van der Waals surface area contributed by atoms with Crippen molar-refractivity contribution in [3.05, 3.63) is 47.8 Å². The van der Waals surface area contributed by atoms with Gasteiger partial charge in [0.2, 0.25) is 0 Å². The number of pyridine rings is 1. The maximum absolute atomic E-state index is 13.7. The van der Waals surface area contributed by atoms with E-state index in [4.69, 9.17) is 0 Å². The fourth-order valence-corrected chi connectivity index (χ4v) is 2.21. The van der Waals surface area contributed by atoms with Crippen molar-refractivity contribution in [3.63, 3.8) is 0 Å². The Balaban J connectivity index is 2.38. The van der Waals surface area contributed by atoms with E-state index in [-0.39, 0.29) is 5.82 Å². The summed E-state index contributed by atoms with van der Waals surface area (Å²) in [6.45, 7) is 3.81. The van der Waals surface area contributed by atoms with E-state index in [0.717, 1.165) is 33.7 Å². The molecule has 0 amide bonds. The molecule has 2 heterocycles. The highest BCUT2D eigenvalue weighted by atomic mass is 19.1. The second-order valence-electron chi connectivity index (χ2n) is 4.32. The molecule has 0 aliphatic heterocycles. The summed E-state index contributed by atoms with van der Waals surface area (Å²) in [5.74, 6) is 0.543. The molecule has 18 heavy (non-hydrogen) atoms. The van der Waals surface area contributed by atoms with Gasteiger partial charge in [-0.15, -0.1) is 0 Å². The van der Waals surface area contributed by atoms with E-state index in [0.29, 0.717) is 0 Å². The van der Waals surface area contributed by atoms with Crippen LogP contribution in [-0.2, 0) is 0 Å². The number of nitrogens with one attached hydrogen (secondary N) is 1. The lowest BCUT2D eigenvalue weighted by atomic mass is 10.1. The van der Waals surface area contributed by atoms with Gasteiger partial charge < -0.3 is 4.98 Å². The molecule has 0 aliphatic rings. The Morgan fingerprint density at radius 2 is 2.06 bits per heavy atom. The Bertz CT molecular complexity index is 731. The van der Waals surface area contributed by atoms with Gasteiger partial charge >= 0.3 is 0 Å². The summed E-state index contributed by atoms with van der Waals surface area (Å²) in [5.41, 5.74) is 3.18. The fourth-order valence-electron chi connectivity index (χ4n) is 2.21. The molecule has 0 bridgehead atoms. The lowest BCUT2D eigenvalue weighted by Crippen LogP contribution is -1.89. The Morgan fingerprint density at radius 1 is 1.22 bits per heavy atom. The molecule has 3 aromatic rings. The predicted molar refractivity (Wildman–Crippen MR) is 68.8 cm³/mol.